The Hall–Kier alpha value is -1.00. The molecule has 0 radical (unpaired) electrons. The first-order chi connectivity index (χ1) is 9.74. The van der Waals surface area contributed by atoms with Gasteiger partial charge in [0.15, 0.2) is 5.17 Å². The van der Waals surface area contributed by atoms with E-state index >= 15 is 0 Å². The van der Waals surface area contributed by atoms with Crippen LogP contribution >= 0.6 is 11.8 Å². The van der Waals surface area contributed by atoms with Crippen LogP contribution in [-0.2, 0) is 6.42 Å². The number of nitrogens with zero attached hydrogens (tertiary/aromatic N) is 2. The molecular formula is C16H25N3S. The summed E-state index contributed by atoms with van der Waals surface area (Å²) in [7, 11) is 4.24. The minimum absolute atomic E-state index is 0.530. The van der Waals surface area contributed by atoms with Crippen LogP contribution in [0.2, 0.25) is 0 Å². The number of unbranched alkanes of at least 4 members (excludes halogenated alkanes) is 1. The molecule has 1 fully saturated rings. The molecule has 1 heterocycles. The molecule has 0 amide bonds. The molecule has 1 saturated heterocycles. The second-order valence-electron chi connectivity index (χ2n) is 5.54. The van der Waals surface area contributed by atoms with Gasteiger partial charge in [0.25, 0.3) is 0 Å². The predicted molar refractivity (Wildman–Crippen MR) is 89.6 cm³/mol. The van der Waals surface area contributed by atoms with Gasteiger partial charge in [-0.25, -0.2) is 0 Å². The smallest absolute Gasteiger partial charge is 0.156 e. The van der Waals surface area contributed by atoms with Crippen molar-refractivity contribution in [1.29, 1.82) is 0 Å². The standard InChI is InChI=1S/C16H25N3S/c1-19(2)11-7-6-10-17-16-18-15(13-20-16)12-14-8-4-3-5-9-14/h3-5,8-9,15H,6-7,10-13H2,1-2H3,(H,17,18). The third-order valence-electron chi connectivity index (χ3n) is 3.34. The molecule has 1 aliphatic heterocycles. The van der Waals surface area contributed by atoms with E-state index in [0.717, 1.165) is 30.4 Å². The number of amidine groups is 1. The molecule has 0 aromatic heterocycles. The quantitative estimate of drug-likeness (QED) is 0.783. The summed E-state index contributed by atoms with van der Waals surface area (Å²) < 4.78 is 0. The Morgan fingerprint density at radius 1 is 1.25 bits per heavy atom. The van der Waals surface area contributed by atoms with Crippen LogP contribution in [-0.4, -0.2) is 49.0 Å². The highest BCUT2D eigenvalue weighted by Crippen LogP contribution is 2.17. The number of hydrogen-bond donors (Lipinski definition) is 1. The molecule has 1 aliphatic rings. The summed E-state index contributed by atoms with van der Waals surface area (Å²) in [5, 5.41) is 4.68. The minimum Gasteiger partial charge on any atom is -0.361 e. The number of rotatable bonds is 7. The number of nitrogens with one attached hydrogen (secondary N) is 1. The summed E-state index contributed by atoms with van der Waals surface area (Å²) in [6.07, 6.45) is 3.49. The molecule has 110 valence electrons. The number of thioether (sulfide) groups is 1. The number of benzene rings is 1. The zero-order valence-electron chi connectivity index (χ0n) is 12.5. The van der Waals surface area contributed by atoms with E-state index in [1.165, 1.54) is 18.4 Å². The SMILES string of the molecule is CN(C)CCCCN=C1NC(Cc2ccccc2)CS1. The summed E-state index contributed by atoms with van der Waals surface area (Å²) in [5.41, 5.74) is 1.40. The molecule has 1 aromatic carbocycles. The minimum atomic E-state index is 0.530. The van der Waals surface area contributed by atoms with Crippen molar-refractivity contribution in [2.24, 2.45) is 4.99 Å². The molecule has 4 heteroatoms. The van der Waals surface area contributed by atoms with Gasteiger partial charge < -0.3 is 10.2 Å². The number of aliphatic imine (C=N–C) groups is 1. The number of hydrogen-bond acceptors (Lipinski definition) is 3. The van der Waals surface area contributed by atoms with Crippen LogP contribution in [0.25, 0.3) is 0 Å². The van der Waals surface area contributed by atoms with E-state index in [0.29, 0.717) is 6.04 Å². The molecule has 0 spiro atoms. The molecule has 1 atom stereocenters. The van der Waals surface area contributed by atoms with Gasteiger partial charge in [-0.2, -0.15) is 0 Å². The van der Waals surface area contributed by atoms with Gasteiger partial charge in [-0.05, 0) is 45.5 Å². The Morgan fingerprint density at radius 3 is 2.80 bits per heavy atom. The van der Waals surface area contributed by atoms with E-state index in [4.69, 9.17) is 0 Å². The van der Waals surface area contributed by atoms with Crippen LogP contribution in [0, 0.1) is 0 Å². The average molecular weight is 291 g/mol. The first kappa shape index (κ1) is 15.4. The van der Waals surface area contributed by atoms with Crippen LogP contribution in [0.15, 0.2) is 35.3 Å². The molecule has 1 N–H and O–H groups in total. The second kappa shape index (κ2) is 8.32. The molecule has 0 saturated carbocycles. The van der Waals surface area contributed by atoms with Crippen molar-refractivity contribution in [3.05, 3.63) is 35.9 Å². The van der Waals surface area contributed by atoms with Gasteiger partial charge in [-0.15, -0.1) is 0 Å². The lowest BCUT2D eigenvalue weighted by Crippen LogP contribution is -2.29. The van der Waals surface area contributed by atoms with E-state index in [1.807, 2.05) is 11.8 Å². The largest absolute Gasteiger partial charge is 0.361 e. The van der Waals surface area contributed by atoms with Gasteiger partial charge in [0.1, 0.15) is 0 Å². The van der Waals surface area contributed by atoms with Gasteiger partial charge in [0.05, 0.1) is 0 Å². The van der Waals surface area contributed by atoms with Crippen molar-refractivity contribution in [1.82, 2.24) is 10.2 Å². The van der Waals surface area contributed by atoms with E-state index in [9.17, 15) is 0 Å². The molecule has 1 unspecified atom stereocenters. The fourth-order valence-corrected chi connectivity index (χ4v) is 3.25. The van der Waals surface area contributed by atoms with Crippen molar-refractivity contribution >= 4 is 16.9 Å². The first-order valence-corrected chi connectivity index (χ1v) is 8.35. The van der Waals surface area contributed by atoms with Gasteiger partial charge in [0, 0.05) is 18.3 Å². The highest BCUT2D eigenvalue weighted by molar-refractivity contribution is 8.14. The Labute approximate surface area is 126 Å². The zero-order valence-corrected chi connectivity index (χ0v) is 13.3. The summed E-state index contributed by atoms with van der Waals surface area (Å²) in [6.45, 7) is 2.10. The maximum atomic E-state index is 4.66. The van der Waals surface area contributed by atoms with E-state index in [-0.39, 0.29) is 0 Å². The Balaban J connectivity index is 1.67. The van der Waals surface area contributed by atoms with E-state index in [1.54, 1.807) is 0 Å². The molecule has 3 nitrogen and oxygen atoms in total. The third kappa shape index (κ3) is 5.55. The summed E-state index contributed by atoms with van der Waals surface area (Å²) >= 11 is 1.86. The maximum absolute atomic E-state index is 4.66. The normalized spacial score (nSPS) is 20.6. The van der Waals surface area contributed by atoms with Crippen molar-refractivity contribution in [2.45, 2.75) is 25.3 Å². The summed E-state index contributed by atoms with van der Waals surface area (Å²) in [5.74, 6) is 1.13. The predicted octanol–water partition coefficient (Wildman–Crippen LogP) is 2.63. The summed E-state index contributed by atoms with van der Waals surface area (Å²) in [6, 6.07) is 11.2. The Morgan fingerprint density at radius 2 is 2.05 bits per heavy atom. The molecular weight excluding hydrogens is 266 g/mol. The fourth-order valence-electron chi connectivity index (χ4n) is 2.26. The Bertz CT molecular complexity index is 417. The van der Waals surface area contributed by atoms with Crippen molar-refractivity contribution in [2.75, 3.05) is 32.9 Å². The van der Waals surface area contributed by atoms with Gasteiger partial charge in [-0.3, -0.25) is 4.99 Å². The molecule has 0 bridgehead atoms. The fraction of sp³-hybridized carbons (Fsp3) is 0.562. The second-order valence-corrected chi connectivity index (χ2v) is 6.55. The van der Waals surface area contributed by atoms with Gasteiger partial charge in [-0.1, -0.05) is 42.1 Å². The maximum Gasteiger partial charge on any atom is 0.156 e. The van der Waals surface area contributed by atoms with Gasteiger partial charge >= 0.3 is 0 Å². The van der Waals surface area contributed by atoms with Crippen LogP contribution < -0.4 is 5.32 Å². The van der Waals surface area contributed by atoms with Crippen LogP contribution in [0.4, 0.5) is 0 Å². The average Bonchev–Trinajstić information content (AvgIpc) is 2.87. The molecule has 2 rings (SSSR count). The lowest BCUT2D eigenvalue weighted by molar-refractivity contribution is 0.396. The Kier molecular flexibility index (Phi) is 6.40. The topological polar surface area (TPSA) is 27.6 Å². The monoisotopic (exact) mass is 291 g/mol. The molecule has 20 heavy (non-hydrogen) atoms. The van der Waals surface area contributed by atoms with E-state index < -0.39 is 0 Å². The lowest BCUT2D eigenvalue weighted by atomic mass is 10.1. The van der Waals surface area contributed by atoms with Crippen LogP contribution in [0.1, 0.15) is 18.4 Å². The van der Waals surface area contributed by atoms with Crippen LogP contribution in [0.3, 0.4) is 0 Å². The lowest BCUT2D eigenvalue weighted by Gasteiger charge is -2.10. The third-order valence-corrected chi connectivity index (χ3v) is 4.43. The zero-order chi connectivity index (χ0) is 14.2. The van der Waals surface area contributed by atoms with Crippen molar-refractivity contribution in [3.63, 3.8) is 0 Å². The highest BCUT2D eigenvalue weighted by atomic mass is 32.2. The van der Waals surface area contributed by atoms with Crippen molar-refractivity contribution in [3.8, 4) is 0 Å². The molecule has 0 aliphatic carbocycles. The van der Waals surface area contributed by atoms with E-state index in [2.05, 4.69) is 59.6 Å². The summed E-state index contributed by atoms with van der Waals surface area (Å²) in [4.78, 5) is 6.89. The van der Waals surface area contributed by atoms with Crippen molar-refractivity contribution < 1.29 is 0 Å². The van der Waals surface area contributed by atoms with Gasteiger partial charge in [0.2, 0.25) is 0 Å². The van der Waals surface area contributed by atoms with Crippen LogP contribution in [0.5, 0.6) is 0 Å². The first-order valence-electron chi connectivity index (χ1n) is 7.36. The highest BCUT2D eigenvalue weighted by Gasteiger charge is 2.19. The molecule has 1 aromatic rings.